The monoisotopic (exact) mass is 674 g/mol. The number of carbonyl (C=O) groups excluding carboxylic acids is 3. The minimum Gasteiger partial charge on any atom is -0.462 e. The van der Waals surface area contributed by atoms with Gasteiger partial charge < -0.3 is 39.4 Å². The van der Waals surface area contributed by atoms with Crippen LogP contribution in [-0.2, 0) is 33.3 Å². The topological polar surface area (TPSA) is 172 Å². The highest BCUT2D eigenvalue weighted by Crippen LogP contribution is 2.88. The molecule has 2 aliphatic heterocycles. The van der Waals surface area contributed by atoms with E-state index in [2.05, 4.69) is 19.9 Å². The molecule has 268 valence electrons. The van der Waals surface area contributed by atoms with E-state index in [1.165, 1.54) is 6.92 Å². The van der Waals surface area contributed by atoms with Gasteiger partial charge in [-0.2, -0.15) is 0 Å². The first-order valence-corrected chi connectivity index (χ1v) is 17.8. The van der Waals surface area contributed by atoms with E-state index in [-0.39, 0.29) is 52.9 Å². The zero-order valence-electron chi connectivity index (χ0n) is 29.5. The zero-order valence-corrected chi connectivity index (χ0v) is 29.5. The van der Waals surface area contributed by atoms with Crippen molar-refractivity contribution in [3.63, 3.8) is 0 Å². The molecule has 0 aromatic carbocycles. The molecule has 11 nitrogen and oxygen atoms in total. The van der Waals surface area contributed by atoms with E-state index in [0.29, 0.717) is 19.3 Å². The Bertz CT molecular complexity index is 1440. The van der Waals surface area contributed by atoms with Crippen LogP contribution in [0.25, 0.3) is 0 Å². The molecule has 2 saturated heterocycles. The van der Waals surface area contributed by atoms with Crippen molar-refractivity contribution >= 4 is 17.5 Å². The number of ether oxygens (including phenoxy) is 4. The second-order valence-corrected chi connectivity index (χ2v) is 17.9. The largest absolute Gasteiger partial charge is 0.462 e. The Hall–Kier alpha value is -1.73. The number of aliphatic hydroxyl groups excluding tert-OH is 4. The molecule has 48 heavy (non-hydrogen) atoms. The van der Waals surface area contributed by atoms with Crippen LogP contribution >= 0.6 is 0 Å². The van der Waals surface area contributed by atoms with Crippen LogP contribution in [0.15, 0.2) is 11.6 Å². The van der Waals surface area contributed by atoms with Gasteiger partial charge in [-0.15, -0.1) is 0 Å². The minimum absolute atomic E-state index is 0.0535. The summed E-state index contributed by atoms with van der Waals surface area (Å²) in [6.45, 7) is 15.2. The van der Waals surface area contributed by atoms with Crippen molar-refractivity contribution in [3.8, 4) is 0 Å². The summed E-state index contributed by atoms with van der Waals surface area (Å²) >= 11 is 0. The fourth-order valence-electron chi connectivity index (χ4n) is 12.2. The Morgan fingerprint density at radius 3 is 2.33 bits per heavy atom. The van der Waals surface area contributed by atoms with E-state index in [4.69, 9.17) is 18.9 Å². The van der Waals surface area contributed by atoms with Crippen LogP contribution in [-0.4, -0.2) is 99.2 Å². The summed E-state index contributed by atoms with van der Waals surface area (Å²) in [4.78, 5) is 40.3. The molecule has 4 saturated carbocycles. The number of allylic oxidation sites excluding steroid dienone is 1. The van der Waals surface area contributed by atoms with Crippen LogP contribution in [0.4, 0.5) is 0 Å². The third kappa shape index (κ3) is 4.34. The summed E-state index contributed by atoms with van der Waals surface area (Å²) in [6.07, 6.45) is -1.81. The summed E-state index contributed by atoms with van der Waals surface area (Å²) in [7, 11) is 0. The molecule has 4 N–H and O–H groups in total. The van der Waals surface area contributed by atoms with Crippen LogP contribution in [0.3, 0.4) is 0 Å². The van der Waals surface area contributed by atoms with Crippen LogP contribution in [0, 0.1) is 44.8 Å². The molecule has 0 unspecified atom stereocenters. The highest BCUT2D eigenvalue weighted by atomic mass is 16.7. The second kappa shape index (κ2) is 10.7. The maximum absolute atomic E-state index is 14.3. The number of epoxide rings is 1. The van der Waals surface area contributed by atoms with Crippen molar-refractivity contribution < 1.29 is 53.8 Å². The van der Waals surface area contributed by atoms with Gasteiger partial charge in [0.25, 0.3) is 0 Å². The van der Waals surface area contributed by atoms with Crippen molar-refractivity contribution in [2.24, 2.45) is 44.8 Å². The number of esters is 1. The molecule has 7 rings (SSSR count). The number of Topliss-reactive ketones (excluding diaryl/α,β-unsaturated/α-hetero) is 2. The third-order valence-corrected chi connectivity index (χ3v) is 14.9. The van der Waals surface area contributed by atoms with Crippen molar-refractivity contribution in [2.45, 2.75) is 149 Å². The summed E-state index contributed by atoms with van der Waals surface area (Å²) < 4.78 is 23.8. The Kier molecular flexibility index (Phi) is 7.70. The Morgan fingerprint density at radius 1 is 1.04 bits per heavy atom. The molecule has 2 heterocycles. The SMILES string of the molecule is CC(=O)O[C@@H]1C[C@@]23C[C@@]24CC[C@@H](O[C@@H]2OC[C@H](O)[C@H](O)[C@H]2O)C(C)(C)[C@@H]4CC=C3[C@]2(C)[C@@H](O)C(=O)[C@H]([C@H](C)CC(=O)[C@@H]3OC3(C)C)[C@@]12C. The summed E-state index contributed by atoms with van der Waals surface area (Å²) in [5.41, 5.74) is -2.31. The van der Waals surface area contributed by atoms with Crippen molar-refractivity contribution in [2.75, 3.05) is 6.61 Å². The zero-order chi connectivity index (χ0) is 35.1. The summed E-state index contributed by atoms with van der Waals surface area (Å²) in [6, 6.07) is 0. The molecule has 0 aromatic heterocycles. The first-order valence-electron chi connectivity index (χ1n) is 17.8. The van der Waals surface area contributed by atoms with Crippen molar-refractivity contribution in [3.05, 3.63) is 11.6 Å². The summed E-state index contributed by atoms with van der Waals surface area (Å²) in [5, 5.41) is 42.9. The molecule has 6 fully saturated rings. The maximum Gasteiger partial charge on any atom is 0.302 e. The molecule has 0 bridgehead atoms. The predicted octanol–water partition coefficient (Wildman–Crippen LogP) is 2.63. The predicted molar refractivity (Wildman–Crippen MR) is 170 cm³/mol. The lowest BCUT2D eigenvalue weighted by molar-refractivity contribution is -0.301. The normalized spacial score (nSPS) is 51.8. The Balaban J connectivity index is 1.22. The molecular weight excluding hydrogens is 620 g/mol. The number of hydrogen-bond acceptors (Lipinski definition) is 11. The maximum atomic E-state index is 14.3. The lowest BCUT2D eigenvalue weighted by atomic mass is 9.44. The molecule has 11 heteroatoms. The van der Waals surface area contributed by atoms with E-state index in [0.717, 1.165) is 18.4 Å². The van der Waals surface area contributed by atoms with Gasteiger partial charge in [0.15, 0.2) is 17.9 Å². The fourth-order valence-corrected chi connectivity index (χ4v) is 12.2. The number of aliphatic hydroxyl groups is 4. The quantitative estimate of drug-likeness (QED) is 0.178. The first kappa shape index (κ1) is 34.7. The van der Waals surface area contributed by atoms with Crippen molar-refractivity contribution in [1.82, 2.24) is 0 Å². The van der Waals surface area contributed by atoms with E-state index in [1.54, 1.807) is 0 Å². The van der Waals surface area contributed by atoms with Crippen LogP contribution in [0.2, 0.25) is 0 Å². The second-order valence-electron chi connectivity index (χ2n) is 17.9. The average molecular weight is 675 g/mol. The van der Waals surface area contributed by atoms with Crippen LogP contribution in [0.5, 0.6) is 0 Å². The number of fused-ring (bicyclic) bond motifs is 2. The van der Waals surface area contributed by atoms with Gasteiger partial charge in [-0.05, 0) is 68.6 Å². The number of ketones is 2. The number of hydrogen-bond donors (Lipinski definition) is 4. The van der Waals surface area contributed by atoms with E-state index in [9.17, 15) is 34.8 Å². The Morgan fingerprint density at radius 2 is 1.71 bits per heavy atom. The molecule has 5 aliphatic carbocycles. The van der Waals surface area contributed by atoms with Crippen LogP contribution in [0.1, 0.15) is 93.9 Å². The van der Waals surface area contributed by atoms with Gasteiger partial charge in [-0.25, -0.2) is 0 Å². The molecular formula is C37H54O11. The number of carbonyl (C=O) groups is 3. The standard InChI is InChI=1S/C37H54O11/c1-17(13-19(39)30-33(5,6)48-30)25-27(42)29(44)34(7)22-10-9-21-32(3,4)23(47-31-28(43)26(41)20(40)15-45-31)11-12-36(21)16-37(22,36)14-24(35(25,34)8)46-18(2)38/h10,17,20-21,23-26,28-31,40-41,43-44H,9,11-16H2,1-8H3/t17-,20+,21+,23-,24-,25+,26+,28-,29+,30+,31+,34-,35-,36-,37+/m1/s1. The van der Waals surface area contributed by atoms with E-state index in [1.807, 2.05) is 34.6 Å². The van der Waals surface area contributed by atoms with Gasteiger partial charge in [0, 0.05) is 35.5 Å². The van der Waals surface area contributed by atoms with Gasteiger partial charge in [0.05, 0.1) is 18.3 Å². The fraction of sp³-hybridized carbons (Fsp3) is 0.865. The average Bonchev–Trinajstić information content (AvgIpc) is 3.84. The summed E-state index contributed by atoms with van der Waals surface area (Å²) in [5.74, 6) is -1.73. The van der Waals surface area contributed by atoms with Gasteiger partial charge in [0.1, 0.15) is 36.6 Å². The van der Waals surface area contributed by atoms with Crippen LogP contribution < -0.4 is 0 Å². The molecule has 15 atom stereocenters. The van der Waals surface area contributed by atoms with Gasteiger partial charge in [-0.1, -0.05) is 46.3 Å². The minimum atomic E-state index is -1.37. The van der Waals surface area contributed by atoms with E-state index < -0.39 is 77.1 Å². The van der Waals surface area contributed by atoms with Gasteiger partial charge in [0.2, 0.25) is 0 Å². The van der Waals surface area contributed by atoms with Crippen molar-refractivity contribution in [1.29, 1.82) is 0 Å². The smallest absolute Gasteiger partial charge is 0.302 e. The molecule has 2 spiro atoms. The van der Waals surface area contributed by atoms with Gasteiger partial charge in [-0.3, -0.25) is 14.4 Å². The molecule has 0 amide bonds. The third-order valence-electron chi connectivity index (χ3n) is 14.9. The molecule has 0 aromatic rings. The first-order chi connectivity index (χ1) is 22.2. The molecule has 0 radical (unpaired) electrons. The lowest BCUT2D eigenvalue weighted by Crippen LogP contribution is -2.61. The van der Waals surface area contributed by atoms with E-state index >= 15 is 0 Å². The number of rotatable bonds is 7. The Labute approximate surface area is 282 Å². The highest BCUT2D eigenvalue weighted by Gasteiger charge is 2.85. The lowest BCUT2D eigenvalue weighted by Gasteiger charge is -2.61. The highest BCUT2D eigenvalue weighted by molar-refractivity contribution is 5.93. The van der Waals surface area contributed by atoms with Gasteiger partial charge >= 0.3 is 5.97 Å². The molecule has 7 aliphatic rings.